The molecular formula is C27H22N2. The molecule has 5 rings (SSSR count). The maximum Gasteiger partial charge on any atom is 0.0900 e. The topological polar surface area (TPSA) is 15.6 Å². The highest BCUT2D eigenvalue weighted by atomic mass is 15.5. The van der Waals surface area contributed by atoms with Crippen LogP contribution in [0.5, 0.6) is 0 Å². The van der Waals surface area contributed by atoms with Crippen LogP contribution in [0.25, 0.3) is 0 Å². The van der Waals surface area contributed by atoms with Gasteiger partial charge in [-0.05, 0) is 28.8 Å². The Morgan fingerprint density at radius 1 is 0.517 bits per heavy atom. The molecule has 1 aliphatic heterocycles. The van der Waals surface area contributed by atoms with Crippen molar-refractivity contribution in [2.24, 2.45) is 5.10 Å². The van der Waals surface area contributed by atoms with Crippen molar-refractivity contribution < 1.29 is 0 Å². The number of hydrazone groups is 1. The van der Waals surface area contributed by atoms with Crippen molar-refractivity contribution in [3.05, 3.63) is 138 Å². The number of anilines is 1. The first-order chi connectivity index (χ1) is 14.4. The number of para-hydroxylation sites is 1. The van der Waals surface area contributed by atoms with Gasteiger partial charge >= 0.3 is 0 Å². The Morgan fingerprint density at radius 3 is 1.59 bits per heavy atom. The predicted molar refractivity (Wildman–Crippen MR) is 120 cm³/mol. The van der Waals surface area contributed by atoms with Crippen LogP contribution in [-0.4, -0.2) is 5.71 Å². The lowest BCUT2D eigenvalue weighted by Crippen LogP contribution is -2.24. The third kappa shape index (κ3) is 3.34. The van der Waals surface area contributed by atoms with E-state index in [0.29, 0.717) is 0 Å². The van der Waals surface area contributed by atoms with Gasteiger partial charge in [0.15, 0.2) is 0 Å². The van der Waals surface area contributed by atoms with Crippen LogP contribution in [0.15, 0.2) is 126 Å². The summed E-state index contributed by atoms with van der Waals surface area (Å²) in [6.45, 7) is 0. The molecule has 4 aromatic carbocycles. The van der Waals surface area contributed by atoms with E-state index < -0.39 is 0 Å². The second kappa shape index (κ2) is 7.76. The largest absolute Gasteiger partial charge is 0.257 e. The summed E-state index contributed by atoms with van der Waals surface area (Å²) in [5.74, 6) is 0.140. The van der Waals surface area contributed by atoms with Gasteiger partial charge in [-0.15, -0.1) is 0 Å². The van der Waals surface area contributed by atoms with E-state index in [1.165, 1.54) is 16.7 Å². The highest BCUT2D eigenvalue weighted by Crippen LogP contribution is 2.45. The molecule has 1 aliphatic rings. The fourth-order valence-corrected chi connectivity index (χ4v) is 4.16. The third-order valence-electron chi connectivity index (χ3n) is 5.48. The maximum absolute atomic E-state index is 5.19. The Kier molecular flexibility index (Phi) is 4.67. The molecule has 0 spiro atoms. The Bertz CT molecular complexity index is 1090. The van der Waals surface area contributed by atoms with Gasteiger partial charge in [0.1, 0.15) is 0 Å². The fourth-order valence-electron chi connectivity index (χ4n) is 4.16. The SMILES string of the molecule is c1ccc(C2=NN(c3ccccc3)[C@@H](c3ccccc3)[C@@H]2c2ccccc2)cc1. The van der Waals surface area contributed by atoms with Gasteiger partial charge in [0.05, 0.1) is 23.4 Å². The van der Waals surface area contributed by atoms with Crippen molar-refractivity contribution in [3.8, 4) is 0 Å². The maximum atomic E-state index is 5.19. The van der Waals surface area contributed by atoms with Gasteiger partial charge in [0.2, 0.25) is 0 Å². The number of rotatable bonds is 4. The van der Waals surface area contributed by atoms with Crippen LogP contribution in [0, 0.1) is 0 Å². The van der Waals surface area contributed by atoms with Gasteiger partial charge < -0.3 is 0 Å². The Balaban J connectivity index is 1.72. The quantitative estimate of drug-likeness (QED) is 0.401. The highest BCUT2D eigenvalue weighted by Gasteiger charge is 2.40. The second-order valence-electron chi connectivity index (χ2n) is 7.28. The van der Waals surface area contributed by atoms with Gasteiger partial charge in [0, 0.05) is 0 Å². The normalized spacial score (nSPS) is 18.5. The van der Waals surface area contributed by atoms with E-state index in [2.05, 4.69) is 120 Å². The molecular weight excluding hydrogens is 352 g/mol. The van der Waals surface area contributed by atoms with E-state index in [4.69, 9.17) is 5.10 Å². The Hall–Kier alpha value is -3.65. The molecule has 0 saturated heterocycles. The first-order valence-corrected chi connectivity index (χ1v) is 10.00. The lowest BCUT2D eigenvalue weighted by atomic mass is 9.82. The van der Waals surface area contributed by atoms with Gasteiger partial charge in [-0.3, -0.25) is 5.01 Å². The van der Waals surface area contributed by atoms with Gasteiger partial charge in [-0.1, -0.05) is 109 Å². The van der Waals surface area contributed by atoms with Crippen LogP contribution >= 0.6 is 0 Å². The third-order valence-corrected chi connectivity index (χ3v) is 5.48. The van der Waals surface area contributed by atoms with Crippen molar-refractivity contribution in [2.45, 2.75) is 12.0 Å². The molecule has 0 aliphatic carbocycles. The first-order valence-electron chi connectivity index (χ1n) is 10.00. The summed E-state index contributed by atoms with van der Waals surface area (Å²) in [4.78, 5) is 0. The van der Waals surface area contributed by atoms with Crippen LogP contribution < -0.4 is 5.01 Å². The van der Waals surface area contributed by atoms with Crippen LogP contribution in [0.3, 0.4) is 0 Å². The number of nitrogens with zero attached hydrogens (tertiary/aromatic N) is 2. The summed E-state index contributed by atoms with van der Waals surface area (Å²) in [6.07, 6.45) is 0. The Labute approximate surface area is 171 Å². The second-order valence-corrected chi connectivity index (χ2v) is 7.28. The minimum atomic E-state index is 0.0937. The van der Waals surface area contributed by atoms with Crippen molar-refractivity contribution in [1.29, 1.82) is 0 Å². The molecule has 2 nitrogen and oxygen atoms in total. The Morgan fingerprint density at radius 2 is 1.00 bits per heavy atom. The van der Waals surface area contributed by atoms with E-state index >= 15 is 0 Å². The highest BCUT2D eigenvalue weighted by molar-refractivity contribution is 6.08. The summed E-state index contributed by atoms with van der Waals surface area (Å²) in [5, 5.41) is 7.38. The van der Waals surface area contributed by atoms with Crippen molar-refractivity contribution in [3.63, 3.8) is 0 Å². The molecule has 2 atom stereocenters. The van der Waals surface area contributed by atoms with Crippen LogP contribution in [-0.2, 0) is 0 Å². The smallest absolute Gasteiger partial charge is 0.0900 e. The summed E-state index contributed by atoms with van der Waals surface area (Å²) in [7, 11) is 0. The summed E-state index contributed by atoms with van der Waals surface area (Å²) in [6, 6.07) is 42.6. The summed E-state index contributed by atoms with van der Waals surface area (Å²) >= 11 is 0. The van der Waals surface area contributed by atoms with E-state index in [0.717, 1.165) is 11.4 Å². The molecule has 140 valence electrons. The first kappa shape index (κ1) is 17.4. The summed E-state index contributed by atoms with van der Waals surface area (Å²) < 4.78 is 0. The summed E-state index contributed by atoms with van der Waals surface area (Å²) in [5.41, 5.74) is 5.92. The van der Waals surface area contributed by atoms with Crippen molar-refractivity contribution >= 4 is 11.4 Å². The van der Waals surface area contributed by atoms with E-state index in [-0.39, 0.29) is 12.0 Å². The minimum Gasteiger partial charge on any atom is -0.257 e. The average Bonchev–Trinajstić information content (AvgIpc) is 3.22. The van der Waals surface area contributed by atoms with Crippen LogP contribution in [0.4, 0.5) is 5.69 Å². The molecule has 0 bridgehead atoms. The molecule has 0 fully saturated rings. The molecule has 0 saturated carbocycles. The number of hydrogen-bond donors (Lipinski definition) is 0. The van der Waals surface area contributed by atoms with Crippen molar-refractivity contribution in [1.82, 2.24) is 0 Å². The molecule has 4 aromatic rings. The van der Waals surface area contributed by atoms with Gasteiger partial charge in [-0.25, -0.2) is 0 Å². The molecule has 1 heterocycles. The van der Waals surface area contributed by atoms with Crippen LogP contribution in [0.2, 0.25) is 0 Å². The van der Waals surface area contributed by atoms with E-state index in [1.54, 1.807) is 0 Å². The lowest BCUT2D eigenvalue weighted by Gasteiger charge is -2.29. The number of benzene rings is 4. The van der Waals surface area contributed by atoms with Gasteiger partial charge in [-0.2, -0.15) is 5.10 Å². The number of hydrogen-bond acceptors (Lipinski definition) is 2. The molecule has 0 unspecified atom stereocenters. The van der Waals surface area contributed by atoms with E-state index in [9.17, 15) is 0 Å². The predicted octanol–water partition coefficient (Wildman–Crippen LogP) is 6.44. The molecule has 0 aromatic heterocycles. The van der Waals surface area contributed by atoms with Gasteiger partial charge in [0.25, 0.3) is 0 Å². The average molecular weight is 374 g/mol. The molecule has 2 heteroatoms. The van der Waals surface area contributed by atoms with Crippen molar-refractivity contribution in [2.75, 3.05) is 5.01 Å². The lowest BCUT2D eigenvalue weighted by molar-refractivity contribution is 0.648. The zero-order valence-corrected chi connectivity index (χ0v) is 16.1. The molecule has 0 N–H and O–H groups in total. The molecule has 0 amide bonds. The zero-order valence-electron chi connectivity index (χ0n) is 16.1. The molecule has 0 radical (unpaired) electrons. The zero-order chi connectivity index (χ0) is 19.5. The standard InChI is InChI=1S/C27H22N2/c1-5-13-21(14-6-1)25-26(22-15-7-2-8-16-22)28-29(24-19-11-4-12-20-24)27(25)23-17-9-3-10-18-23/h1-20,25,27H/t25-,27+/m1/s1. The minimum absolute atomic E-state index is 0.0937. The molecule has 29 heavy (non-hydrogen) atoms. The monoisotopic (exact) mass is 374 g/mol. The van der Waals surface area contributed by atoms with Crippen LogP contribution in [0.1, 0.15) is 28.7 Å². The fraction of sp³-hybridized carbons (Fsp3) is 0.0741. The van der Waals surface area contributed by atoms with E-state index in [1.807, 2.05) is 6.07 Å².